The van der Waals surface area contributed by atoms with Crippen molar-refractivity contribution in [1.82, 2.24) is 9.78 Å². The summed E-state index contributed by atoms with van der Waals surface area (Å²) in [7, 11) is 1.52. The Morgan fingerprint density at radius 1 is 1.20 bits per heavy atom. The monoisotopic (exact) mass is 503 g/mol. The maximum absolute atomic E-state index is 13.3. The van der Waals surface area contributed by atoms with Gasteiger partial charge >= 0.3 is 6.18 Å². The molecule has 0 spiro atoms. The van der Waals surface area contributed by atoms with Gasteiger partial charge in [-0.25, -0.2) is 4.68 Å². The molecule has 3 aromatic rings. The summed E-state index contributed by atoms with van der Waals surface area (Å²) in [6.07, 6.45) is 0.763. The Labute approximate surface area is 204 Å². The number of rotatable bonds is 7. The number of carbonyl (C=O) groups excluding carboxylic acids is 1. The Kier molecular flexibility index (Phi) is 7.16. The number of nitrogens with one attached hydrogen (secondary N) is 1. The first-order chi connectivity index (χ1) is 16.8. The van der Waals surface area contributed by atoms with Crippen LogP contribution in [0.15, 0.2) is 72.8 Å². The zero-order valence-electron chi connectivity index (χ0n) is 18.6. The van der Waals surface area contributed by atoms with Gasteiger partial charge in [0.05, 0.1) is 18.2 Å². The zero-order chi connectivity index (χ0) is 25.0. The van der Waals surface area contributed by atoms with Crippen molar-refractivity contribution in [3.63, 3.8) is 0 Å². The number of halogens is 4. The van der Waals surface area contributed by atoms with Crippen LogP contribution in [0.4, 0.5) is 18.9 Å². The molecule has 0 bridgehead atoms. The van der Waals surface area contributed by atoms with Crippen LogP contribution in [0, 0.1) is 0 Å². The van der Waals surface area contributed by atoms with E-state index in [1.165, 1.54) is 7.11 Å². The number of allylic oxidation sites excluding steroid dienone is 4. The van der Waals surface area contributed by atoms with Gasteiger partial charge in [-0.3, -0.25) is 4.79 Å². The van der Waals surface area contributed by atoms with E-state index in [0.717, 1.165) is 21.9 Å². The standard InChI is InChI=1S/C25H21ClF3N3O3/c1-34-21-13-17(11-12-18(21)16-7-3-2-4-8-16)30-23(33)15-35-24-14-22(25(27,28)29)31-32(24)20-10-6-5-9-19(20)26/h2-8,10-14,19H,9,15H2,1H3,(H,30,33). The molecule has 2 aromatic carbocycles. The van der Waals surface area contributed by atoms with E-state index in [-0.39, 0.29) is 5.88 Å². The van der Waals surface area contributed by atoms with E-state index in [0.29, 0.717) is 23.6 Å². The first-order valence-electron chi connectivity index (χ1n) is 10.6. The van der Waals surface area contributed by atoms with E-state index >= 15 is 0 Å². The molecule has 182 valence electrons. The maximum atomic E-state index is 13.3. The maximum Gasteiger partial charge on any atom is 0.435 e. The summed E-state index contributed by atoms with van der Waals surface area (Å²) in [5.74, 6) is -0.259. The van der Waals surface area contributed by atoms with Crippen LogP contribution in [0.5, 0.6) is 11.6 Å². The van der Waals surface area contributed by atoms with Crippen LogP contribution in [0.3, 0.4) is 0 Å². The number of amides is 1. The Balaban J connectivity index is 1.49. The Morgan fingerprint density at radius 2 is 1.97 bits per heavy atom. The van der Waals surface area contributed by atoms with Crippen LogP contribution in [-0.2, 0) is 11.0 Å². The third-order valence-electron chi connectivity index (χ3n) is 5.20. The second-order valence-electron chi connectivity index (χ2n) is 7.62. The van der Waals surface area contributed by atoms with Gasteiger partial charge in [-0.05, 0) is 30.2 Å². The number of hydrogen-bond acceptors (Lipinski definition) is 4. The molecule has 1 atom stereocenters. The first-order valence-corrected chi connectivity index (χ1v) is 11.0. The number of aromatic nitrogens is 2. The van der Waals surface area contributed by atoms with Crippen molar-refractivity contribution in [3.05, 3.63) is 78.5 Å². The molecular weight excluding hydrogens is 483 g/mol. The molecule has 6 nitrogen and oxygen atoms in total. The minimum absolute atomic E-state index is 0.239. The van der Waals surface area contributed by atoms with Crippen molar-refractivity contribution >= 4 is 28.9 Å². The number of hydrogen-bond donors (Lipinski definition) is 1. The molecular formula is C25H21ClF3N3O3. The number of benzene rings is 2. The highest BCUT2D eigenvalue weighted by atomic mass is 35.5. The van der Waals surface area contributed by atoms with Crippen molar-refractivity contribution in [3.8, 4) is 22.8 Å². The Bertz CT molecular complexity index is 1270. The smallest absolute Gasteiger partial charge is 0.435 e. The molecule has 10 heteroatoms. The van der Waals surface area contributed by atoms with Crippen molar-refractivity contribution in [2.45, 2.75) is 18.0 Å². The van der Waals surface area contributed by atoms with Gasteiger partial charge in [0.25, 0.3) is 5.91 Å². The van der Waals surface area contributed by atoms with E-state index in [2.05, 4.69) is 10.4 Å². The van der Waals surface area contributed by atoms with E-state index in [1.54, 1.807) is 36.4 Å². The summed E-state index contributed by atoms with van der Waals surface area (Å²) >= 11 is 6.26. The molecule has 0 saturated heterocycles. The second kappa shape index (κ2) is 10.3. The lowest BCUT2D eigenvalue weighted by molar-refractivity contribution is -0.141. The van der Waals surface area contributed by atoms with Gasteiger partial charge in [-0.15, -0.1) is 11.6 Å². The predicted molar refractivity (Wildman–Crippen MR) is 127 cm³/mol. The van der Waals surface area contributed by atoms with Gasteiger partial charge in [0.2, 0.25) is 5.88 Å². The van der Waals surface area contributed by atoms with Gasteiger partial charge in [-0.1, -0.05) is 42.5 Å². The molecule has 1 aliphatic rings. The lowest BCUT2D eigenvalue weighted by atomic mass is 10.0. The predicted octanol–water partition coefficient (Wildman–Crippen LogP) is 6.00. The largest absolute Gasteiger partial charge is 0.496 e. The van der Waals surface area contributed by atoms with Gasteiger partial charge in [0, 0.05) is 23.4 Å². The SMILES string of the molecule is COc1cc(NC(=O)COc2cc(C(F)(F)F)nn2C2=CC=CCC2Cl)ccc1-c1ccccc1. The minimum atomic E-state index is -4.68. The van der Waals surface area contributed by atoms with Gasteiger partial charge in [0.15, 0.2) is 12.3 Å². The van der Waals surface area contributed by atoms with Gasteiger partial charge in [0.1, 0.15) is 5.75 Å². The fourth-order valence-electron chi connectivity index (χ4n) is 3.55. The third-order valence-corrected chi connectivity index (χ3v) is 5.60. The number of carbonyl (C=O) groups is 1. The molecule has 1 amide bonds. The molecule has 0 fully saturated rings. The summed E-state index contributed by atoms with van der Waals surface area (Å²) in [4.78, 5) is 12.5. The van der Waals surface area contributed by atoms with Crippen LogP contribution >= 0.6 is 11.6 Å². The summed E-state index contributed by atoms with van der Waals surface area (Å²) in [6.45, 7) is -0.540. The van der Waals surface area contributed by atoms with Crippen molar-refractivity contribution in [2.24, 2.45) is 0 Å². The van der Waals surface area contributed by atoms with Crippen molar-refractivity contribution < 1.29 is 27.4 Å². The van der Waals surface area contributed by atoms with Crippen molar-refractivity contribution in [2.75, 3.05) is 19.0 Å². The summed E-state index contributed by atoms with van der Waals surface area (Å²) in [5.41, 5.74) is 1.41. The average molecular weight is 504 g/mol. The van der Waals surface area contributed by atoms with E-state index in [1.807, 2.05) is 30.3 Å². The summed E-state index contributed by atoms with van der Waals surface area (Å²) in [5, 5.41) is 5.68. The molecule has 0 saturated carbocycles. The number of alkyl halides is 4. The number of ether oxygens (including phenoxy) is 2. The summed E-state index contributed by atoms with van der Waals surface area (Å²) in [6, 6.07) is 15.5. The van der Waals surface area contributed by atoms with E-state index in [9.17, 15) is 18.0 Å². The second-order valence-corrected chi connectivity index (χ2v) is 8.15. The quantitative estimate of drug-likeness (QED) is 0.401. The van der Waals surface area contributed by atoms with Crippen LogP contribution in [0.2, 0.25) is 0 Å². The molecule has 1 aliphatic carbocycles. The molecule has 1 aromatic heterocycles. The molecule has 4 rings (SSSR count). The normalized spacial score (nSPS) is 15.5. The highest BCUT2D eigenvalue weighted by Gasteiger charge is 2.36. The highest BCUT2D eigenvalue weighted by molar-refractivity contribution is 6.25. The molecule has 35 heavy (non-hydrogen) atoms. The summed E-state index contributed by atoms with van der Waals surface area (Å²) < 4.78 is 51.7. The van der Waals surface area contributed by atoms with Crippen LogP contribution in [0.1, 0.15) is 12.1 Å². The Hall–Kier alpha value is -3.72. The van der Waals surface area contributed by atoms with Crippen molar-refractivity contribution in [1.29, 1.82) is 0 Å². The highest BCUT2D eigenvalue weighted by Crippen LogP contribution is 2.35. The minimum Gasteiger partial charge on any atom is -0.496 e. The molecule has 0 aliphatic heterocycles. The van der Waals surface area contributed by atoms with Crippen LogP contribution in [0.25, 0.3) is 16.8 Å². The topological polar surface area (TPSA) is 65.4 Å². The molecule has 1 heterocycles. The van der Waals surface area contributed by atoms with Crippen LogP contribution in [-0.4, -0.2) is 34.8 Å². The lowest BCUT2D eigenvalue weighted by Gasteiger charge is -2.17. The lowest BCUT2D eigenvalue weighted by Crippen LogP contribution is -2.22. The number of nitrogens with zero attached hydrogens (tertiary/aromatic N) is 2. The van der Waals surface area contributed by atoms with E-state index in [4.69, 9.17) is 21.1 Å². The third kappa shape index (κ3) is 5.68. The van der Waals surface area contributed by atoms with Crippen LogP contribution < -0.4 is 14.8 Å². The van der Waals surface area contributed by atoms with Gasteiger partial charge < -0.3 is 14.8 Å². The fourth-order valence-corrected chi connectivity index (χ4v) is 3.81. The van der Waals surface area contributed by atoms with Gasteiger partial charge in [-0.2, -0.15) is 18.3 Å². The average Bonchev–Trinajstić information content (AvgIpc) is 3.28. The van der Waals surface area contributed by atoms with E-state index < -0.39 is 29.8 Å². The zero-order valence-corrected chi connectivity index (χ0v) is 19.3. The molecule has 1 unspecified atom stereocenters. The Morgan fingerprint density at radius 3 is 2.66 bits per heavy atom. The first kappa shape index (κ1) is 24.4. The molecule has 0 radical (unpaired) electrons. The molecule has 1 N–H and O–H groups in total. The number of methoxy groups -OCH3 is 1. The number of anilines is 1. The fraction of sp³-hybridized carbons (Fsp3) is 0.200.